The number of carboxylic acids is 1. The number of likely N-dealkylation sites (N-methyl/N-ethyl adjacent to an activating group) is 1. The first kappa shape index (κ1) is 14.8. The summed E-state index contributed by atoms with van der Waals surface area (Å²) < 4.78 is 0. The number of rotatable bonds is 6. The maximum atomic E-state index is 11.3. The first-order valence-corrected chi connectivity index (χ1v) is 5.42. The molecule has 0 saturated heterocycles. The maximum absolute atomic E-state index is 11.3. The summed E-state index contributed by atoms with van der Waals surface area (Å²) in [4.78, 5) is 34.3. The molecule has 8 heteroatoms. The molecule has 6 nitrogen and oxygen atoms in total. The Labute approximate surface area is 100 Å². The van der Waals surface area contributed by atoms with Gasteiger partial charge in [0.25, 0.3) is 0 Å². The van der Waals surface area contributed by atoms with E-state index in [2.05, 4.69) is 17.9 Å². The number of amides is 2. The number of nitrogens with zero attached hydrogens (tertiary/aromatic N) is 1. The van der Waals surface area contributed by atoms with Gasteiger partial charge in [-0.25, -0.2) is 4.79 Å². The van der Waals surface area contributed by atoms with E-state index in [1.54, 1.807) is 7.85 Å². The van der Waals surface area contributed by atoms with E-state index in [1.165, 1.54) is 11.9 Å². The second-order valence-corrected chi connectivity index (χ2v) is 3.61. The largest absolute Gasteiger partial charge is 0.480 e. The molecule has 0 saturated carbocycles. The minimum Gasteiger partial charge on any atom is -0.480 e. The second kappa shape index (κ2) is 7.16. The van der Waals surface area contributed by atoms with Crippen molar-refractivity contribution in [1.29, 1.82) is 0 Å². The quantitative estimate of drug-likeness (QED) is 0.373. The summed E-state index contributed by atoms with van der Waals surface area (Å²) in [5, 5.41) is 10.9. The molecule has 0 aromatic heterocycles. The van der Waals surface area contributed by atoms with Gasteiger partial charge in [0.15, 0.2) is 0 Å². The molecule has 1 unspecified atom stereocenters. The fraction of sp³-hybridized carbons (Fsp3) is 0.625. The molecule has 0 radical (unpaired) electrons. The molecular weight excluding hydrogens is 231 g/mol. The van der Waals surface area contributed by atoms with Gasteiger partial charge in [-0.1, -0.05) is 0 Å². The van der Waals surface area contributed by atoms with Crippen LogP contribution in [0.1, 0.15) is 0 Å². The molecule has 0 aromatic carbocycles. The Hall–Kier alpha value is -1.18. The molecule has 0 aliphatic carbocycles. The zero-order valence-corrected chi connectivity index (χ0v) is 10.2. The van der Waals surface area contributed by atoms with E-state index in [-0.39, 0.29) is 18.2 Å². The van der Waals surface area contributed by atoms with E-state index in [4.69, 9.17) is 5.11 Å². The monoisotopic (exact) mass is 246 g/mol. The van der Waals surface area contributed by atoms with Crippen molar-refractivity contribution in [2.75, 3.05) is 19.3 Å². The third kappa shape index (κ3) is 5.06. The predicted octanol–water partition coefficient (Wildman–Crippen LogP) is -2.00. The van der Waals surface area contributed by atoms with Crippen LogP contribution in [0.4, 0.5) is 0 Å². The van der Waals surface area contributed by atoms with Crippen molar-refractivity contribution in [1.82, 2.24) is 10.2 Å². The van der Waals surface area contributed by atoms with Gasteiger partial charge in [0.1, 0.15) is 13.9 Å². The Morgan fingerprint density at radius 3 is 2.44 bits per heavy atom. The highest BCUT2D eigenvalue weighted by Gasteiger charge is 2.19. The number of aliphatic carboxylic acids is 1. The van der Waals surface area contributed by atoms with E-state index in [0.717, 1.165) is 0 Å². The van der Waals surface area contributed by atoms with Crippen molar-refractivity contribution in [3.8, 4) is 0 Å². The number of carbonyl (C=O) groups excluding carboxylic acids is 2. The van der Waals surface area contributed by atoms with Gasteiger partial charge >= 0.3 is 5.97 Å². The molecule has 0 bridgehead atoms. The molecule has 0 rings (SSSR count). The molecule has 0 aliphatic rings. The van der Waals surface area contributed by atoms with Crippen molar-refractivity contribution < 1.29 is 19.5 Å². The summed E-state index contributed by atoms with van der Waals surface area (Å²) in [6, 6.07) is -1.03. The Balaban J connectivity index is 4.17. The van der Waals surface area contributed by atoms with E-state index in [0.29, 0.717) is 6.32 Å². The van der Waals surface area contributed by atoms with Gasteiger partial charge in [0, 0.05) is 12.8 Å². The lowest BCUT2D eigenvalue weighted by Crippen LogP contribution is -2.46. The summed E-state index contributed by atoms with van der Waals surface area (Å²) in [7, 11) is 3.17. The zero-order chi connectivity index (χ0) is 12.7. The fourth-order valence-corrected chi connectivity index (χ4v) is 1.25. The van der Waals surface area contributed by atoms with Crippen LogP contribution in [0.2, 0.25) is 6.32 Å². The van der Waals surface area contributed by atoms with Crippen LogP contribution in [-0.4, -0.2) is 61.0 Å². The lowest BCUT2D eigenvalue weighted by molar-refractivity contribution is -0.141. The first-order valence-electron chi connectivity index (χ1n) is 4.79. The van der Waals surface area contributed by atoms with Gasteiger partial charge in [0.05, 0.1) is 6.54 Å². The summed E-state index contributed by atoms with van der Waals surface area (Å²) in [5.74, 6) is -1.82. The van der Waals surface area contributed by atoms with Crippen LogP contribution >= 0.6 is 12.6 Å². The van der Waals surface area contributed by atoms with Crippen LogP contribution in [0.3, 0.4) is 0 Å². The van der Waals surface area contributed by atoms with Gasteiger partial charge in [-0.15, -0.1) is 0 Å². The first-order chi connectivity index (χ1) is 7.42. The summed E-state index contributed by atoms with van der Waals surface area (Å²) >= 11 is 3.80. The maximum Gasteiger partial charge on any atom is 0.327 e. The number of hydrogen-bond donors (Lipinski definition) is 3. The molecule has 16 heavy (non-hydrogen) atoms. The topological polar surface area (TPSA) is 86.7 Å². The lowest BCUT2D eigenvalue weighted by atomic mass is 10.0. The van der Waals surface area contributed by atoms with Gasteiger partial charge < -0.3 is 15.3 Å². The van der Waals surface area contributed by atoms with Crippen LogP contribution in [0.5, 0.6) is 0 Å². The summed E-state index contributed by atoms with van der Waals surface area (Å²) in [6.07, 6.45) is 0.304. The van der Waals surface area contributed by atoms with Gasteiger partial charge in [0.2, 0.25) is 11.8 Å². The highest BCUT2D eigenvalue weighted by Crippen LogP contribution is 1.91. The Bertz CT molecular complexity index is 287. The highest BCUT2D eigenvalue weighted by molar-refractivity contribution is 7.80. The molecule has 90 valence electrons. The minimum absolute atomic E-state index is 0.00646. The number of carboxylic acid groups (broad SMARTS) is 1. The minimum atomic E-state index is -1.15. The lowest BCUT2D eigenvalue weighted by Gasteiger charge is -2.17. The van der Waals surface area contributed by atoms with Crippen molar-refractivity contribution in [3.63, 3.8) is 0 Å². The van der Waals surface area contributed by atoms with E-state index >= 15 is 0 Å². The van der Waals surface area contributed by atoms with Crippen molar-refractivity contribution >= 4 is 38.3 Å². The SMILES string of the molecule is BCC(=O)N(C)CC(=O)NC(CS)C(=O)O. The average molecular weight is 246 g/mol. The average Bonchev–Trinajstić information content (AvgIpc) is 2.23. The molecular formula is C8H15BN2O4S. The third-order valence-electron chi connectivity index (χ3n) is 1.92. The van der Waals surface area contributed by atoms with Crippen LogP contribution in [0, 0.1) is 0 Å². The van der Waals surface area contributed by atoms with Gasteiger partial charge in [-0.05, 0) is 6.32 Å². The molecule has 0 fully saturated rings. The Morgan fingerprint density at radius 2 is 2.06 bits per heavy atom. The molecule has 0 heterocycles. The number of nitrogens with one attached hydrogen (secondary N) is 1. The van der Waals surface area contributed by atoms with Crippen LogP contribution < -0.4 is 5.32 Å². The number of thiol groups is 1. The molecule has 1 atom stereocenters. The van der Waals surface area contributed by atoms with Crippen LogP contribution in [-0.2, 0) is 14.4 Å². The Morgan fingerprint density at radius 1 is 1.50 bits per heavy atom. The molecule has 0 spiro atoms. The third-order valence-corrected chi connectivity index (χ3v) is 2.29. The molecule has 0 aliphatic heterocycles. The van der Waals surface area contributed by atoms with Crippen molar-refractivity contribution in [2.24, 2.45) is 0 Å². The molecule has 0 aromatic rings. The smallest absolute Gasteiger partial charge is 0.327 e. The highest BCUT2D eigenvalue weighted by atomic mass is 32.1. The van der Waals surface area contributed by atoms with Gasteiger partial charge in [-0.2, -0.15) is 12.6 Å². The van der Waals surface area contributed by atoms with Crippen LogP contribution in [0.25, 0.3) is 0 Å². The summed E-state index contributed by atoms with van der Waals surface area (Å²) in [5.41, 5.74) is 0. The van der Waals surface area contributed by atoms with Crippen molar-refractivity contribution in [2.45, 2.75) is 12.4 Å². The number of hydrogen-bond acceptors (Lipinski definition) is 4. The summed E-state index contributed by atoms with van der Waals surface area (Å²) in [6.45, 7) is -0.149. The van der Waals surface area contributed by atoms with Gasteiger partial charge in [-0.3, -0.25) is 9.59 Å². The predicted molar refractivity (Wildman–Crippen MR) is 64.4 cm³/mol. The van der Waals surface area contributed by atoms with Crippen LogP contribution in [0.15, 0.2) is 0 Å². The van der Waals surface area contributed by atoms with E-state index in [9.17, 15) is 14.4 Å². The normalized spacial score (nSPS) is 11.6. The second-order valence-electron chi connectivity index (χ2n) is 3.24. The van der Waals surface area contributed by atoms with Crippen molar-refractivity contribution in [3.05, 3.63) is 0 Å². The fourth-order valence-electron chi connectivity index (χ4n) is 0.999. The standard InChI is InChI=1S/C8H15BN2O4S/c1-11(7(13)2-9)3-6(12)10-5(4-16)8(14)15/h5,16H,2-4,9H2,1H3,(H,10,12)(H,14,15). The van der Waals surface area contributed by atoms with E-state index in [1.807, 2.05) is 0 Å². The molecule has 2 amide bonds. The molecule has 2 N–H and O–H groups in total. The van der Waals surface area contributed by atoms with E-state index < -0.39 is 17.9 Å². The Kier molecular flexibility index (Phi) is 6.63. The zero-order valence-electron chi connectivity index (χ0n) is 9.27. The number of carbonyl (C=O) groups is 3.